The van der Waals surface area contributed by atoms with Crippen molar-refractivity contribution < 1.29 is 9.05 Å². The van der Waals surface area contributed by atoms with E-state index in [0.29, 0.717) is 34.6 Å². The molecule has 0 aliphatic heterocycles. The fourth-order valence-corrected chi connectivity index (χ4v) is 2.21. The van der Waals surface area contributed by atoms with Gasteiger partial charge in [-0.15, -0.1) is 12.4 Å². The lowest BCUT2D eigenvalue weighted by Gasteiger charge is -2.04. The minimum Gasteiger partial charge on any atom is -0.355 e. The van der Waals surface area contributed by atoms with Crippen molar-refractivity contribution in [1.82, 2.24) is 20.6 Å². The number of nitrogens with one attached hydrogen (secondary N) is 1. The fraction of sp³-hybridized carbons (Fsp3) is 0.267. The number of rotatable bonds is 5. The molecule has 8 heteroatoms. The van der Waals surface area contributed by atoms with Crippen LogP contribution in [0.25, 0.3) is 22.9 Å². The molecule has 1 aromatic carbocycles. The van der Waals surface area contributed by atoms with Crippen LogP contribution in [0, 0.1) is 0 Å². The van der Waals surface area contributed by atoms with E-state index in [2.05, 4.69) is 20.6 Å². The summed E-state index contributed by atoms with van der Waals surface area (Å²) in [5, 5.41) is 11.6. The van der Waals surface area contributed by atoms with Crippen molar-refractivity contribution in [2.75, 3.05) is 7.05 Å². The predicted molar refractivity (Wildman–Crippen MR) is 89.7 cm³/mol. The number of likely N-dealkylation sites (N-methyl/N-ethyl adjacent to an activating group) is 1. The van der Waals surface area contributed by atoms with Gasteiger partial charge in [-0.1, -0.05) is 34.0 Å². The van der Waals surface area contributed by atoms with Crippen molar-refractivity contribution in [2.45, 2.75) is 19.4 Å². The second-order valence-electron chi connectivity index (χ2n) is 4.97. The summed E-state index contributed by atoms with van der Waals surface area (Å²) in [6.07, 6.45) is 0.676. The van der Waals surface area contributed by atoms with Crippen molar-refractivity contribution in [3.63, 3.8) is 0 Å². The summed E-state index contributed by atoms with van der Waals surface area (Å²) >= 11 is 6.15. The van der Waals surface area contributed by atoms with Crippen LogP contribution >= 0.6 is 24.0 Å². The Morgan fingerprint density at radius 2 is 2.00 bits per heavy atom. The molecule has 0 fully saturated rings. The van der Waals surface area contributed by atoms with Crippen LogP contribution in [0.4, 0.5) is 0 Å². The highest BCUT2D eigenvalue weighted by Crippen LogP contribution is 2.30. The Balaban J connectivity index is 0.00000192. The average Bonchev–Trinajstić information content (AvgIpc) is 3.16. The molecule has 0 amide bonds. The monoisotopic (exact) mass is 354 g/mol. The Kier molecular flexibility index (Phi) is 5.76. The highest BCUT2D eigenvalue weighted by atomic mass is 35.5. The number of nitrogens with zero attached hydrogens (tertiary/aromatic N) is 3. The summed E-state index contributed by atoms with van der Waals surface area (Å²) in [4.78, 5) is 4.32. The molecule has 0 aliphatic carbocycles. The van der Waals surface area contributed by atoms with Crippen LogP contribution in [0.2, 0.25) is 5.02 Å². The van der Waals surface area contributed by atoms with Gasteiger partial charge in [0.05, 0.1) is 5.02 Å². The highest BCUT2D eigenvalue weighted by Gasteiger charge is 2.17. The minimum atomic E-state index is 0. The standard InChI is InChI=1S/C15H15ClN4O2.ClH/c1-9(17-2)7-14-18-15(22-20-14)12-8-13(21-19-12)10-5-3-4-6-11(10)16;/h3-6,8-9,17H,7H2,1-2H3;1H. The van der Waals surface area contributed by atoms with Crippen LogP contribution in [0.1, 0.15) is 12.7 Å². The third-order valence-electron chi connectivity index (χ3n) is 3.32. The van der Waals surface area contributed by atoms with E-state index in [9.17, 15) is 0 Å². The molecule has 2 aromatic heterocycles. The SMILES string of the molecule is CNC(C)Cc1noc(-c2cc(-c3ccccc3Cl)on2)n1.Cl. The van der Waals surface area contributed by atoms with E-state index in [1.54, 1.807) is 12.1 Å². The fourth-order valence-electron chi connectivity index (χ4n) is 1.98. The lowest BCUT2D eigenvalue weighted by atomic mass is 10.1. The van der Waals surface area contributed by atoms with Crippen LogP contribution in [-0.4, -0.2) is 28.4 Å². The Morgan fingerprint density at radius 1 is 1.22 bits per heavy atom. The zero-order chi connectivity index (χ0) is 15.5. The summed E-state index contributed by atoms with van der Waals surface area (Å²) in [5.41, 5.74) is 1.26. The van der Waals surface area contributed by atoms with Crippen LogP contribution in [0.3, 0.4) is 0 Å². The first-order chi connectivity index (χ1) is 10.7. The molecule has 0 saturated carbocycles. The Morgan fingerprint density at radius 3 is 2.74 bits per heavy atom. The number of benzene rings is 1. The van der Waals surface area contributed by atoms with E-state index in [-0.39, 0.29) is 18.4 Å². The maximum Gasteiger partial charge on any atom is 0.280 e. The number of aromatic nitrogens is 3. The Bertz CT molecular complexity index is 772. The van der Waals surface area contributed by atoms with Crippen LogP contribution in [0.15, 0.2) is 39.4 Å². The lowest BCUT2D eigenvalue weighted by molar-refractivity contribution is 0.404. The molecule has 2 heterocycles. The van der Waals surface area contributed by atoms with Crippen molar-refractivity contribution in [2.24, 2.45) is 0 Å². The van der Waals surface area contributed by atoms with Crippen molar-refractivity contribution in [3.8, 4) is 22.9 Å². The maximum atomic E-state index is 6.15. The zero-order valence-corrected chi connectivity index (χ0v) is 14.2. The number of hydrogen-bond acceptors (Lipinski definition) is 6. The van der Waals surface area contributed by atoms with Gasteiger partial charge in [0.1, 0.15) is 0 Å². The minimum absolute atomic E-state index is 0. The molecule has 0 radical (unpaired) electrons. The molecular formula is C15H16Cl2N4O2. The van der Waals surface area contributed by atoms with Crippen LogP contribution < -0.4 is 5.32 Å². The highest BCUT2D eigenvalue weighted by molar-refractivity contribution is 6.33. The summed E-state index contributed by atoms with van der Waals surface area (Å²) in [5.74, 6) is 1.52. The molecule has 1 unspecified atom stereocenters. The van der Waals surface area contributed by atoms with Crippen LogP contribution in [0.5, 0.6) is 0 Å². The molecule has 0 spiro atoms. The van der Waals surface area contributed by atoms with Gasteiger partial charge in [0, 0.05) is 24.1 Å². The smallest absolute Gasteiger partial charge is 0.280 e. The van der Waals surface area contributed by atoms with E-state index in [1.165, 1.54) is 0 Å². The second-order valence-corrected chi connectivity index (χ2v) is 5.37. The van der Waals surface area contributed by atoms with Crippen LogP contribution in [-0.2, 0) is 6.42 Å². The maximum absolute atomic E-state index is 6.15. The Labute approximate surface area is 144 Å². The molecule has 0 aliphatic rings. The summed E-state index contributed by atoms with van der Waals surface area (Å²) in [6.45, 7) is 2.04. The van der Waals surface area contributed by atoms with Crippen molar-refractivity contribution in [3.05, 3.63) is 41.2 Å². The molecule has 3 rings (SSSR count). The van der Waals surface area contributed by atoms with Gasteiger partial charge in [0.25, 0.3) is 5.89 Å². The molecule has 0 bridgehead atoms. The first-order valence-electron chi connectivity index (χ1n) is 6.89. The third-order valence-corrected chi connectivity index (χ3v) is 3.65. The van der Waals surface area contributed by atoms with Gasteiger partial charge in [-0.2, -0.15) is 4.98 Å². The zero-order valence-electron chi connectivity index (χ0n) is 12.6. The van der Waals surface area contributed by atoms with E-state index in [0.717, 1.165) is 5.56 Å². The van der Waals surface area contributed by atoms with Gasteiger partial charge < -0.3 is 14.4 Å². The first kappa shape index (κ1) is 17.5. The molecule has 3 aromatic rings. The summed E-state index contributed by atoms with van der Waals surface area (Å²) in [6, 6.07) is 9.40. The number of halogens is 2. The van der Waals surface area contributed by atoms with Gasteiger partial charge in [-0.25, -0.2) is 0 Å². The largest absolute Gasteiger partial charge is 0.355 e. The molecule has 122 valence electrons. The van der Waals surface area contributed by atoms with Crippen molar-refractivity contribution in [1.29, 1.82) is 0 Å². The van der Waals surface area contributed by atoms with Gasteiger partial charge in [-0.3, -0.25) is 0 Å². The van der Waals surface area contributed by atoms with Gasteiger partial charge >= 0.3 is 0 Å². The molecule has 1 atom stereocenters. The van der Waals surface area contributed by atoms with Gasteiger partial charge in [-0.05, 0) is 26.1 Å². The molecular weight excluding hydrogens is 339 g/mol. The number of hydrogen-bond donors (Lipinski definition) is 1. The third kappa shape index (κ3) is 3.90. The van der Waals surface area contributed by atoms with E-state index in [1.807, 2.05) is 32.2 Å². The predicted octanol–water partition coefficient (Wildman–Crippen LogP) is 3.62. The second kappa shape index (κ2) is 7.59. The Hall–Kier alpha value is -1.89. The lowest BCUT2D eigenvalue weighted by Crippen LogP contribution is -2.24. The van der Waals surface area contributed by atoms with Gasteiger partial charge in [0.15, 0.2) is 17.3 Å². The molecule has 6 nitrogen and oxygen atoms in total. The van der Waals surface area contributed by atoms with E-state index < -0.39 is 0 Å². The van der Waals surface area contributed by atoms with Gasteiger partial charge in [0.2, 0.25) is 0 Å². The molecule has 1 N–H and O–H groups in total. The normalized spacial score (nSPS) is 12.0. The average molecular weight is 355 g/mol. The molecule has 23 heavy (non-hydrogen) atoms. The van der Waals surface area contributed by atoms with E-state index in [4.69, 9.17) is 20.6 Å². The summed E-state index contributed by atoms with van der Waals surface area (Å²) < 4.78 is 10.6. The quantitative estimate of drug-likeness (QED) is 0.753. The topological polar surface area (TPSA) is 77.0 Å². The van der Waals surface area contributed by atoms with Crippen molar-refractivity contribution >= 4 is 24.0 Å². The molecule has 0 saturated heterocycles. The summed E-state index contributed by atoms with van der Waals surface area (Å²) in [7, 11) is 1.89. The first-order valence-corrected chi connectivity index (χ1v) is 7.27. The van der Waals surface area contributed by atoms with E-state index >= 15 is 0 Å².